The minimum atomic E-state index is -0.135. The fourth-order valence-corrected chi connectivity index (χ4v) is 3.93. The van der Waals surface area contributed by atoms with E-state index in [1.807, 2.05) is 7.05 Å². The van der Waals surface area contributed by atoms with Crippen molar-refractivity contribution in [2.75, 3.05) is 12.9 Å². The Morgan fingerprint density at radius 1 is 1.17 bits per heavy atom. The average molecular weight is 336 g/mol. The van der Waals surface area contributed by atoms with E-state index in [9.17, 15) is 9.90 Å². The van der Waals surface area contributed by atoms with Crippen molar-refractivity contribution in [3.63, 3.8) is 0 Å². The van der Waals surface area contributed by atoms with Gasteiger partial charge in [-0.3, -0.25) is 4.79 Å². The lowest BCUT2D eigenvalue weighted by molar-refractivity contribution is -0.127. The van der Waals surface area contributed by atoms with Crippen LogP contribution in [0, 0.1) is 0 Å². The maximum atomic E-state index is 12.2. The van der Waals surface area contributed by atoms with Gasteiger partial charge in [-0.25, -0.2) is 0 Å². The van der Waals surface area contributed by atoms with Gasteiger partial charge in [0.05, 0.1) is 11.1 Å². The van der Waals surface area contributed by atoms with Gasteiger partial charge < -0.3 is 10.0 Å². The topological polar surface area (TPSA) is 40.5 Å². The van der Waals surface area contributed by atoms with Crippen molar-refractivity contribution < 1.29 is 9.90 Å². The minimum absolute atomic E-state index is 0.00602. The second kappa shape index (κ2) is 6.04. The van der Waals surface area contributed by atoms with Gasteiger partial charge in [-0.2, -0.15) is 0 Å². The van der Waals surface area contributed by atoms with Gasteiger partial charge in [0.25, 0.3) is 0 Å². The molecule has 128 valence electrons. The molecular weight excluding hydrogens is 306 g/mol. The van der Waals surface area contributed by atoms with Gasteiger partial charge in [0.15, 0.2) is 0 Å². The van der Waals surface area contributed by atoms with Gasteiger partial charge in [-0.1, -0.05) is 53.7 Å². The molecule has 0 aliphatic carbocycles. The maximum Gasteiger partial charge on any atom is 0.236 e. The van der Waals surface area contributed by atoms with E-state index in [2.05, 4.69) is 53.7 Å². The van der Waals surface area contributed by atoms with Gasteiger partial charge in [0, 0.05) is 7.05 Å². The van der Waals surface area contributed by atoms with E-state index in [0.717, 1.165) is 17.0 Å². The van der Waals surface area contributed by atoms with Crippen LogP contribution in [0.3, 0.4) is 0 Å². The molecule has 1 amide bonds. The molecule has 0 spiro atoms. The van der Waals surface area contributed by atoms with Gasteiger partial charge in [0.2, 0.25) is 5.91 Å². The zero-order valence-corrected chi connectivity index (χ0v) is 16.2. The van der Waals surface area contributed by atoms with Crippen LogP contribution in [0.5, 0.6) is 5.75 Å². The number of carbonyl (C=O) groups is 1. The highest BCUT2D eigenvalue weighted by molar-refractivity contribution is 8.01. The molecule has 1 atom stereocenters. The van der Waals surface area contributed by atoms with Crippen LogP contribution < -0.4 is 0 Å². The maximum absolute atomic E-state index is 12.2. The van der Waals surface area contributed by atoms with Gasteiger partial charge in [0.1, 0.15) is 5.75 Å². The number of amides is 1. The Kier molecular flexibility index (Phi) is 4.78. The summed E-state index contributed by atoms with van der Waals surface area (Å²) in [5.41, 5.74) is 2.93. The van der Waals surface area contributed by atoms with E-state index in [4.69, 9.17) is 0 Å². The molecule has 1 saturated heterocycles. The van der Waals surface area contributed by atoms with Crippen molar-refractivity contribution in [1.29, 1.82) is 0 Å². The number of thioether (sulfide) groups is 1. The van der Waals surface area contributed by atoms with Crippen LogP contribution in [0.2, 0.25) is 0 Å². The van der Waals surface area contributed by atoms with E-state index in [0.29, 0.717) is 12.2 Å². The van der Waals surface area contributed by atoms with E-state index in [-0.39, 0.29) is 22.0 Å². The minimum Gasteiger partial charge on any atom is -0.507 e. The molecule has 1 aromatic carbocycles. The van der Waals surface area contributed by atoms with Crippen LogP contribution in [-0.2, 0) is 22.0 Å². The number of benzene rings is 1. The normalized spacial score (nSPS) is 19.5. The van der Waals surface area contributed by atoms with Crippen molar-refractivity contribution in [2.24, 2.45) is 0 Å². The van der Waals surface area contributed by atoms with Crippen molar-refractivity contribution >= 4 is 17.7 Å². The Bertz CT molecular complexity index is 611. The molecule has 1 aliphatic heterocycles. The number of hydrogen-bond donors (Lipinski definition) is 1. The molecular formula is C19H29NO2S. The highest BCUT2D eigenvalue weighted by atomic mass is 32.2. The quantitative estimate of drug-likeness (QED) is 0.886. The van der Waals surface area contributed by atoms with Crippen molar-refractivity contribution in [1.82, 2.24) is 4.90 Å². The molecule has 4 heteroatoms. The molecule has 1 unspecified atom stereocenters. The summed E-state index contributed by atoms with van der Waals surface area (Å²) in [5.74, 6) is 1.25. The molecule has 3 nitrogen and oxygen atoms in total. The lowest BCUT2D eigenvalue weighted by atomic mass is 9.78. The fourth-order valence-electron chi connectivity index (χ4n) is 2.78. The second-order valence-electron chi connectivity index (χ2n) is 8.56. The Morgan fingerprint density at radius 3 is 2.22 bits per heavy atom. The first-order chi connectivity index (χ1) is 10.4. The largest absolute Gasteiger partial charge is 0.507 e. The summed E-state index contributed by atoms with van der Waals surface area (Å²) >= 11 is 1.65. The van der Waals surface area contributed by atoms with Crippen LogP contribution in [0.4, 0.5) is 0 Å². The first-order valence-electron chi connectivity index (χ1n) is 8.14. The summed E-state index contributed by atoms with van der Waals surface area (Å²) in [4.78, 5) is 14.0. The van der Waals surface area contributed by atoms with Crippen molar-refractivity contribution in [3.05, 3.63) is 28.8 Å². The van der Waals surface area contributed by atoms with Crippen molar-refractivity contribution in [2.45, 2.75) is 64.0 Å². The summed E-state index contributed by atoms with van der Waals surface area (Å²) in [6.45, 7) is 12.9. The van der Waals surface area contributed by atoms with E-state index in [1.54, 1.807) is 16.7 Å². The third-order valence-corrected chi connectivity index (χ3v) is 5.70. The van der Waals surface area contributed by atoms with Gasteiger partial charge >= 0.3 is 0 Å². The Balaban J connectivity index is 2.48. The summed E-state index contributed by atoms with van der Waals surface area (Å²) in [6, 6.07) is 4.20. The van der Waals surface area contributed by atoms with E-state index >= 15 is 0 Å². The molecule has 1 aromatic rings. The monoisotopic (exact) mass is 335 g/mol. The third kappa shape index (κ3) is 3.85. The number of carbonyl (C=O) groups excluding carboxylic acids is 1. The van der Waals surface area contributed by atoms with Crippen LogP contribution >= 0.6 is 11.8 Å². The number of nitrogens with zero attached hydrogens (tertiary/aromatic N) is 1. The summed E-state index contributed by atoms with van der Waals surface area (Å²) in [5, 5.41) is 10.7. The first kappa shape index (κ1) is 18.2. The van der Waals surface area contributed by atoms with E-state index in [1.165, 1.54) is 5.56 Å². The molecule has 1 aliphatic rings. The second-order valence-corrected chi connectivity index (χ2v) is 9.72. The average Bonchev–Trinajstić information content (AvgIpc) is 2.70. The Hall–Kier alpha value is -1.16. The van der Waals surface area contributed by atoms with Gasteiger partial charge in [-0.05, 0) is 33.9 Å². The fraction of sp³-hybridized carbons (Fsp3) is 0.632. The van der Waals surface area contributed by atoms with Crippen LogP contribution in [0.1, 0.15) is 58.2 Å². The molecule has 1 fully saturated rings. The lowest BCUT2D eigenvalue weighted by Gasteiger charge is -2.28. The summed E-state index contributed by atoms with van der Waals surface area (Å²) in [6.07, 6.45) is 0.590. The Morgan fingerprint density at radius 2 is 1.78 bits per heavy atom. The molecule has 1 N–H and O–H groups in total. The van der Waals surface area contributed by atoms with Crippen LogP contribution in [0.25, 0.3) is 0 Å². The number of aromatic hydroxyl groups is 1. The highest BCUT2D eigenvalue weighted by Gasteiger charge is 2.32. The molecule has 23 heavy (non-hydrogen) atoms. The number of rotatable bonds is 2. The number of hydrogen-bond acceptors (Lipinski definition) is 3. The predicted octanol–water partition coefficient (Wildman–Crippen LogP) is 4.06. The van der Waals surface area contributed by atoms with Gasteiger partial charge in [-0.15, -0.1) is 11.8 Å². The van der Waals surface area contributed by atoms with Crippen molar-refractivity contribution in [3.8, 4) is 5.75 Å². The first-order valence-corrected chi connectivity index (χ1v) is 9.19. The molecule has 2 rings (SSSR count). The standard InChI is InChI=1S/C19H29NO2S/c1-18(2,3)13-8-12(9-15-17(22)20(7)11-23-15)16(21)14(10-13)19(4,5)6/h8,10,15,21H,9,11H2,1-7H3. The van der Waals surface area contributed by atoms with Crippen LogP contribution in [0.15, 0.2) is 12.1 Å². The molecule has 0 bridgehead atoms. The molecule has 0 aromatic heterocycles. The number of phenolic OH excluding ortho intramolecular Hbond substituents is 1. The predicted molar refractivity (Wildman–Crippen MR) is 98.2 cm³/mol. The lowest BCUT2D eigenvalue weighted by Crippen LogP contribution is -2.27. The molecule has 1 heterocycles. The third-order valence-electron chi connectivity index (χ3n) is 4.39. The molecule has 0 radical (unpaired) electrons. The SMILES string of the molecule is CN1CSC(Cc2cc(C(C)(C)C)cc(C(C)(C)C)c2O)C1=O. The summed E-state index contributed by atoms with van der Waals surface area (Å²) < 4.78 is 0. The zero-order chi connectivity index (χ0) is 17.6. The summed E-state index contributed by atoms with van der Waals surface area (Å²) in [7, 11) is 1.83. The van der Waals surface area contributed by atoms with Crippen LogP contribution in [-0.4, -0.2) is 34.1 Å². The highest BCUT2D eigenvalue weighted by Crippen LogP contribution is 2.39. The molecule has 0 saturated carbocycles. The zero-order valence-electron chi connectivity index (χ0n) is 15.4. The smallest absolute Gasteiger partial charge is 0.236 e. The number of phenols is 1. The van der Waals surface area contributed by atoms with E-state index < -0.39 is 0 Å². The Labute approximate surface area is 144 Å².